The Labute approximate surface area is 103 Å². The zero-order valence-corrected chi connectivity index (χ0v) is 9.67. The Bertz CT molecular complexity index is 541. The van der Waals surface area contributed by atoms with Gasteiger partial charge in [0.25, 0.3) is 17.4 Å². The number of rotatable bonds is 4. The second-order valence-corrected chi connectivity index (χ2v) is 3.85. The molecule has 0 radical (unpaired) electrons. The van der Waals surface area contributed by atoms with Crippen molar-refractivity contribution in [3.8, 4) is 0 Å². The maximum atomic E-state index is 11.7. The first-order valence-electron chi connectivity index (χ1n) is 5.35. The first-order valence-corrected chi connectivity index (χ1v) is 5.35. The lowest BCUT2D eigenvalue weighted by Crippen LogP contribution is -2.35. The maximum Gasteiger partial charge on any atom is 0.299 e. The molecule has 0 aromatic heterocycles. The molecule has 1 amide bonds. The summed E-state index contributed by atoms with van der Waals surface area (Å²) in [7, 11) is 1.74. The molecule has 1 aromatic carbocycles. The van der Waals surface area contributed by atoms with E-state index in [1.54, 1.807) is 7.05 Å². The van der Waals surface area contributed by atoms with Gasteiger partial charge in [0.05, 0.1) is 16.2 Å². The van der Waals surface area contributed by atoms with Crippen molar-refractivity contribution in [1.82, 2.24) is 5.32 Å². The SMILES string of the molecule is CNCCN1C(=O)C(=O)c2cc([N+](=O)[O-])ccc21. The van der Waals surface area contributed by atoms with Crippen LogP contribution >= 0.6 is 0 Å². The summed E-state index contributed by atoms with van der Waals surface area (Å²) in [6, 6.07) is 3.87. The number of Topliss-reactive ketones (excluding diaryl/α,β-unsaturated/α-hetero) is 1. The summed E-state index contributed by atoms with van der Waals surface area (Å²) >= 11 is 0. The third-order valence-corrected chi connectivity index (χ3v) is 2.75. The van der Waals surface area contributed by atoms with Gasteiger partial charge in [0.2, 0.25) is 0 Å². The molecule has 7 heteroatoms. The van der Waals surface area contributed by atoms with Crippen LogP contribution in [0.5, 0.6) is 0 Å². The first kappa shape index (κ1) is 12.2. The molecule has 0 bridgehead atoms. The van der Waals surface area contributed by atoms with Gasteiger partial charge < -0.3 is 10.2 Å². The predicted molar refractivity (Wildman–Crippen MR) is 63.7 cm³/mol. The van der Waals surface area contributed by atoms with E-state index in [-0.39, 0.29) is 11.3 Å². The molecule has 1 N–H and O–H groups in total. The second kappa shape index (κ2) is 4.53. The number of nitrogens with zero attached hydrogens (tertiary/aromatic N) is 2. The van der Waals surface area contributed by atoms with Crippen molar-refractivity contribution in [2.75, 3.05) is 25.0 Å². The molecule has 0 saturated heterocycles. The second-order valence-electron chi connectivity index (χ2n) is 3.85. The number of non-ortho nitro benzene ring substituents is 1. The quantitative estimate of drug-likeness (QED) is 0.472. The van der Waals surface area contributed by atoms with Crippen molar-refractivity contribution in [3.05, 3.63) is 33.9 Å². The van der Waals surface area contributed by atoms with Crippen LogP contribution in [-0.4, -0.2) is 36.8 Å². The number of nitrogens with one attached hydrogen (secondary N) is 1. The predicted octanol–water partition coefficient (Wildman–Crippen LogP) is 0.343. The summed E-state index contributed by atoms with van der Waals surface area (Å²) in [5, 5.41) is 13.5. The topological polar surface area (TPSA) is 92.6 Å². The van der Waals surface area contributed by atoms with Crippen LogP contribution in [0.25, 0.3) is 0 Å². The van der Waals surface area contributed by atoms with Crippen molar-refractivity contribution >= 4 is 23.1 Å². The summed E-state index contributed by atoms with van der Waals surface area (Å²) in [6.07, 6.45) is 0. The van der Waals surface area contributed by atoms with Gasteiger partial charge in [-0.15, -0.1) is 0 Å². The summed E-state index contributed by atoms with van der Waals surface area (Å²) in [5.41, 5.74) is 0.349. The van der Waals surface area contributed by atoms with Gasteiger partial charge in [-0.25, -0.2) is 0 Å². The molecule has 0 saturated carbocycles. The van der Waals surface area contributed by atoms with Crippen LogP contribution in [0.15, 0.2) is 18.2 Å². The molecule has 0 unspecified atom stereocenters. The molecule has 1 aliphatic heterocycles. The number of benzene rings is 1. The Kier molecular flexibility index (Phi) is 3.07. The molecule has 1 aliphatic rings. The van der Waals surface area contributed by atoms with E-state index in [9.17, 15) is 19.7 Å². The molecule has 0 fully saturated rings. The van der Waals surface area contributed by atoms with Crippen molar-refractivity contribution in [2.24, 2.45) is 0 Å². The molecule has 0 aliphatic carbocycles. The third kappa shape index (κ3) is 1.84. The molecular weight excluding hydrogens is 238 g/mol. The van der Waals surface area contributed by atoms with E-state index in [4.69, 9.17) is 0 Å². The first-order chi connectivity index (χ1) is 8.56. The van der Waals surface area contributed by atoms with E-state index in [0.717, 1.165) is 6.07 Å². The van der Waals surface area contributed by atoms with Crippen LogP contribution in [0.1, 0.15) is 10.4 Å². The third-order valence-electron chi connectivity index (χ3n) is 2.75. The standard InChI is InChI=1S/C11H11N3O4/c1-12-4-5-13-9-3-2-7(14(17)18)6-8(9)10(15)11(13)16/h2-3,6,12H,4-5H2,1H3. The van der Waals surface area contributed by atoms with Crippen molar-refractivity contribution in [3.63, 3.8) is 0 Å². The molecule has 7 nitrogen and oxygen atoms in total. The number of nitro benzene ring substituents is 1. The van der Waals surface area contributed by atoms with Crippen LogP contribution in [-0.2, 0) is 4.79 Å². The van der Waals surface area contributed by atoms with Crippen LogP contribution in [0, 0.1) is 10.1 Å². The van der Waals surface area contributed by atoms with Crippen LogP contribution in [0.3, 0.4) is 0 Å². The van der Waals surface area contributed by atoms with Gasteiger partial charge in [-0.3, -0.25) is 19.7 Å². The zero-order valence-electron chi connectivity index (χ0n) is 9.67. The Morgan fingerprint density at radius 3 is 2.72 bits per heavy atom. The molecule has 94 valence electrons. The van der Waals surface area contributed by atoms with Crippen molar-refractivity contribution in [1.29, 1.82) is 0 Å². The number of hydrogen-bond acceptors (Lipinski definition) is 5. The molecule has 0 spiro atoms. The minimum Gasteiger partial charge on any atom is -0.318 e. The number of hydrogen-bond donors (Lipinski definition) is 1. The fraction of sp³-hybridized carbons (Fsp3) is 0.273. The zero-order chi connectivity index (χ0) is 13.3. The van der Waals surface area contributed by atoms with Crippen LogP contribution in [0.2, 0.25) is 0 Å². The number of likely N-dealkylation sites (N-methyl/N-ethyl adjacent to an activating group) is 1. The van der Waals surface area contributed by atoms with Crippen molar-refractivity contribution < 1.29 is 14.5 Å². The fourth-order valence-electron chi connectivity index (χ4n) is 1.85. The van der Waals surface area contributed by atoms with E-state index in [1.807, 2.05) is 0 Å². The number of fused-ring (bicyclic) bond motifs is 1. The van der Waals surface area contributed by atoms with Crippen LogP contribution in [0.4, 0.5) is 11.4 Å². The number of carbonyl (C=O) groups excluding carboxylic acids is 2. The molecule has 0 atom stereocenters. The number of anilines is 1. The fourth-order valence-corrected chi connectivity index (χ4v) is 1.85. The molecule has 1 aromatic rings. The normalized spacial score (nSPS) is 13.9. The highest BCUT2D eigenvalue weighted by Gasteiger charge is 2.36. The van der Waals surface area contributed by atoms with Gasteiger partial charge in [-0.05, 0) is 13.1 Å². The smallest absolute Gasteiger partial charge is 0.299 e. The van der Waals surface area contributed by atoms with Crippen LogP contribution < -0.4 is 10.2 Å². The minimum absolute atomic E-state index is 0.102. The Morgan fingerprint density at radius 1 is 1.39 bits per heavy atom. The Balaban J connectivity index is 2.41. The van der Waals surface area contributed by atoms with Gasteiger partial charge in [0.1, 0.15) is 0 Å². The monoisotopic (exact) mass is 249 g/mol. The summed E-state index contributed by atoms with van der Waals surface area (Å²) in [5.74, 6) is -1.33. The van der Waals surface area contributed by atoms with E-state index in [1.165, 1.54) is 17.0 Å². The average molecular weight is 249 g/mol. The van der Waals surface area contributed by atoms with Gasteiger partial charge in [0.15, 0.2) is 0 Å². The van der Waals surface area contributed by atoms with E-state index >= 15 is 0 Å². The number of amides is 1. The van der Waals surface area contributed by atoms with Crippen molar-refractivity contribution in [2.45, 2.75) is 0 Å². The van der Waals surface area contributed by atoms with E-state index in [0.29, 0.717) is 18.8 Å². The molecular formula is C11H11N3O4. The summed E-state index contributed by atoms with van der Waals surface area (Å²) in [6.45, 7) is 0.890. The highest BCUT2D eigenvalue weighted by Crippen LogP contribution is 2.31. The molecule has 1 heterocycles. The van der Waals surface area contributed by atoms with Gasteiger partial charge in [0, 0.05) is 25.2 Å². The highest BCUT2D eigenvalue weighted by atomic mass is 16.6. The average Bonchev–Trinajstić information content (AvgIpc) is 2.60. The molecule has 2 rings (SSSR count). The molecule has 18 heavy (non-hydrogen) atoms. The lowest BCUT2D eigenvalue weighted by atomic mass is 10.1. The number of ketones is 1. The Morgan fingerprint density at radius 2 is 2.11 bits per heavy atom. The number of carbonyl (C=O) groups is 2. The highest BCUT2D eigenvalue weighted by molar-refractivity contribution is 6.52. The minimum atomic E-state index is -0.690. The van der Waals surface area contributed by atoms with Gasteiger partial charge in [-0.1, -0.05) is 0 Å². The lowest BCUT2D eigenvalue weighted by Gasteiger charge is -2.15. The van der Waals surface area contributed by atoms with E-state index < -0.39 is 16.6 Å². The van der Waals surface area contributed by atoms with Gasteiger partial charge >= 0.3 is 0 Å². The Hall–Kier alpha value is -2.28. The van der Waals surface area contributed by atoms with Gasteiger partial charge in [-0.2, -0.15) is 0 Å². The summed E-state index contributed by atoms with van der Waals surface area (Å²) < 4.78 is 0. The largest absolute Gasteiger partial charge is 0.318 e. The lowest BCUT2D eigenvalue weighted by molar-refractivity contribution is -0.384. The van der Waals surface area contributed by atoms with E-state index in [2.05, 4.69) is 5.32 Å². The maximum absolute atomic E-state index is 11.7. The summed E-state index contributed by atoms with van der Waals surface area (Å²) in [4.78, 5) is 34.8. The number of nitro groups is 1.